The summed E-state index contributed by atoms with van der Waals surface area (Å²) >= 11 is 0. The summed E-state index contributed by atoms with van der Waals surface area (Å²) in [4.78, 5) is 20.3. The number of pyridine rings is 1. The highest BCUT2D eigenvalue weighted by Gasteiger charge is 2.40. The molecule has 0 radical (unpaired) electrons. The molecule has 3 aromatic heterocycles. The van der Waals surface area contributed by atoms with Crippen LogP contribution in [0.15, 0.2) is 35.5 Å². The maximum atomic E-state index is 13.4. The monoisotopic (exact) mass is 527 g/mol. The molecule has 1 aliphatic carbocycles. The minimum atomic E-state index is -4.13. The first-order chi connectivity index (χ1) is 17.3. The summed E-state index contributed by atoms with van der Waals surface area (Å²) in [6, 6.07) is 5.05. The van der Waals surface area contributed by atoms with Crippen LogP contribution in [-0.2, 0) is 17.1 Å². The molecule has 12 heteroatoms. The summed E-state index contributed by atoms with van der Waals surface area (Å²) in [5.41, 5.74) is 0.203. The molecule has 0 bridgehead atoms. The van der Waals surface area contributed by atoms with Crippen LogP contribution in [0.2, 0.25) is 0 Å². The largest absolute Gasteiger partial charge is 0.473 e. The number of sulfonamides is 1. The number of hydrogen-bond donors (Lipinski definition) is 1. The van der Waals surface area contributed by atoms with E-state index in [0.29, 0.717) is 41.6 Å². The highest BCUT2D eigenvalue weighted by atomic mass is 32.2. The molecular formula is C25H33N7O4S. The van der Waals surface area contributed by atoms with Gasteiger partial charge in [0.15, 0.2) is 5.82 Å². The molecule has 1 saturated carbocycles. The standard InChI is InChI=1S/C25H33N7O4S/c1-15-12-25(4,5)31(13-15)23-18(24(33)29-37(34,35)20-14-30(6)27-17(20)3)7-8-21(26-23)32-10-9-22(28-32)36-19-11-16(19)2/h7-10,14-16,19H,11-13H2,1-6H3,(H,29,33)/t15-,16-,19+/m0/s1. The molecule has 5 rings (SSSR count). The van der Waals surface area contributed by atoms with E-state index >= 15 is 0 Å². The Morgan fingerprint density at radius 2 is 1.92 bits per heavy atom. The summed E-state index contributed by atoms with van der Waals surface area (Å²) in [5.74, 6) is 1.59. The smallest absolute Gasteiger partial charge is 0.268 e. The molecule has 0 spiro atoms. The SMILES string of the molecule is Cc1nn(C)cc1S(=O)(=O)NC(=O)c1ccc(-n2ccc(O[C@@H]3C[C@@H]3C)n2)nc1N1C[C@@H](C)CC1(C)C. The Bertz CT molecular complexity index is 1460. The van der Waals surface area contributed by atoms with Crippen LogP contribution in [0.3, 0.4) is 0 Å². The first-order valence-electron chi connectivity index (χ1n) is 12.4. The zero-order valence-corrected chi connectivity index (χ0v) is 22.8. The summed E-state index contributed by atoms with van der Waals surface area (Å²) in [6.07, 6.45) is 5.25. The third-order valence-corrected chi connectivity index (χ3v) is 8.46. The summed E-state index contributed by atoms with van der Waals surface area (Å²) in [6.45, 7) is 10.7. The van der Waals surface area contributed by atoms with Crippen LogP contribution in [0, 0.1) is 18.8 Å². The number of aromatic nitrogens is 5. The average molecular weight is 528 g/mol. The molecule has 198 valence electrons. The van der Waals surface area contributed by atoms with Crippen molar-refractivity contribution in [2.75, 3.05) is 11.4 Å². The normalized spacial score (nSPS) is 22.8. The Morgan fingerprint density at radius 3 is 2.51 bits per heavy atom. The Hall–Kier alpha value is -3.41. The van der Waals surface area contributed by atoms with E-state index < -0.39 is 15.9 Å². The number of amides is 1. The van der Waals surface area contributed by atoms with Gasteiger partial charge in [0.25, 0.3) is 15.9 Å². The molecule has 1 saturated heterocycles. The van der Waals surface area contributed by atoms with Gasteiger partial charge in [-0.1, -0.05) is 13.8 Å². The van der Waals surface area contributed by atoms with E-state index in [-0.39, 0.29) is 22.1 Å². The van der Waals surface area contributed by atoms with E-state index in [1.807, 2.05) is 0 Å². The fourth-order valence-electron chi connectivity index (χ4n) is 5.09. The predicted octanol–water partition coefficient (Wildman–Crippen LogP) is 2.84. The van der Waals surface area contributed by atoms with Crippen molar-refractivity contribution in [2.45, 2.75) is 64.0 Å². The van der Waals surface area contributed by atoms with E-state index in [9.17, 15) is 13.2 Å². The first-order valence-corrected chi connectivity index (χ1v) is 13.9. The van der Waals surface area contributed by atoms with Gasteiger partial charge in [-0.15, -0.1) is 5.10 Å². The molecule has 0 aromatic carbocycles. The summed E-state index contributed by atoms with van der Waals surface area (Å²) in [5, 5.41) is 8.59. The van der Waals surface area contributed by atoms with Crippen molar-refractivity contribution in [1.82, 2.24) is 29.3 Å². The van der Waals surface area contributed by atoms with Crippen LogP contribution in [0.25, 0.3) is 5.82 Å². The fraction of sp³-hybridized carbons (Fsp3) is 0.520. The Balaban J connectivity index is 1.50. The van der Waals surface area contributed by atoms with Gasteiger partial charge in [0.1, 0.15) is 16.8 Å². The summed E-state index contributed by atoms with van der Waals surface area (Å²) < 4.78 is 37.1. The topological polar surface area (TPSA) is 124 Å². The molecule has 2 aliphatic rings. The van der Waals surface area contributed by atoms with Crippen LogP contribution in [0.1, 0.15) is 56.6 Å². The van der Waals surface area contributed by atoms with Gasteiger partial charge in [-0.3, -0.25) is 9.48 Å². The van der Waals surface area contributed by atoms with Crippen molar-refractivity contribution in [3.05, 3.63) is 41.9 Å². The van der Waals surface area contributed by atoms with Crippen molar-refractivity contribution in [1.29, 1.82) is 0 Å². The molecule has 2 fully saturated rings. The second-order valence-corrected chi connectivity index (χ2v) is 12.6. The molecule has 1 amide bonds. The zero-order chi connectivity index (χ0) is 26.7. The number of hydrogen-bond acceptors (Lipinski definition) is 8. The number of aryl methyl sites for hydroxylation is 2. The van der Waals surface area contributed by atoms with E-state index in [0.717, 1.165) is 12.8 Å². The lowest BCUT2D eigenvalue weighted by molar-refractivity contribution is 0.0981. The second-order valence-electron chi connectivity index (χ2n) is 10.9. The summed E-state index contributed by atoms with van der Waals surface area (Å²) in [7, 11) is -2.50. The molecule has 3 aromatic rings. The van der Waals surface area contributed by atoms with Crippen LogP contribution in [0.5, 0.6) is 5.88 Å². The zero-order valence-electron chi connectivity index (χ0n) is 22.0. The predicted molar refractivity (Wildman–Crippen MR) is 137 cm³/mol. The molecular weight excluding hydrogens is 494 g/mol. The van der Waals surface area contributed by atoms with Gasteiger partial charge in [0.2, 0.25) is 5.88 Å². The maximum Gasteiger partial charge on any atom is 0.268 e. The van der Waals surface area contributed by atoms with Crippen molar-refractivity contribution in [3.8, 4) is 11.7 Å². The molecule has 37 heavy (non-hydrogen) atoms. The molecule has 0 unspecified atom stereocenters. The number of rotatable bonds is 7. The molecule has 3 atom stereocenters. The average Bonchev–Trinajstić information content (AvgIpc) is 3.12. The minimum absolute atomic E-state index is 0.0429. The van der Waals surface area contributed by atoms with E-state index in [4.69, 9.17) is 9.72 Å². The van der Waals surface area contributed by atoms with Crippen molar-refractivity contribution < 1.29 is 17.9 Å². The van der Waals surface area contributed by atoms with Crippen molar-refractivity contribution >= 4 is 21.7 Å². The van der Waals surface area contributed by atoms with Crippen LogP contribution >= 0.6 is 0 Å². The number of ether oxygens (including phenoxy) is 1. The number of carbonyl (C=O) groups excluding carboxylic acids is 1. The highest BCUT2D eigenvalue weighted by molar-refractivity contribution is 7.90. The number of nitrogens with one attached hydrogen (secondary N) is 1. The maximum absolute atomic E-state index is 13.4. The first kappa shape index (κ1) is 25.2. The highest BCUT2D eigenvalue weighted by Crippen LogP contribution is 2.38. The van der Waals surface area contributed by atoms with Gasteiger partial charge in [-0.05, 0) is 57.6 Å². The van der Waals surface area contributed by atoms with Gasteiger partial charge < -0.3 is 9.64 Å². The van der Waals surface area contributed by atoms with Gasteiger partial charge in [0.05, 0.1) is 11.3 Å². The van der Waals surface area contributed by atoms with Crippen molar-refractivity contribution in [3.63, 3.8) is 0 Å². The number of carbonyl (C=O) groups is 1. The molecule has 4 heterocycles. The molecule has 1 aliphatic heterocycles. The van der Waals surface area contributed by atoms with Gasteiger partial charge in [-0.2, -0.15) is 5.10 Å². The Kier molecular flexibility index (Phi) is 6.05. The third-order valence-electron chi connectivity index (χ3n) is 7.03. The van der Waals surface area contributed by atoms with Gasteiger partial charge in [0, 0.05) is 37.6 Å². The Labute approximate surface area is 216 Å². The molecule has 1 N–H and O–H groups in total. The van der Waals surface area contributed by atoms with Crippen LogP contribution in [-0.4, -0.2) is 57.1 Å². The number of anilines is 1. The lowest BCUT2D eigenvalue weighted by Gasteiger charge is -2.34. The van der Waals surface area contributed by atoms with E-state index in [2.05, 4.69) is 47.5 Å². The molecule has 11 nitrogen and oxygen atoms in total. The minimum Gasteiger partial charge on any atom is -0.473 e. The lowest BCUT2D eigenvalue weighted by Crippen LogP contribution is -2.41. The van der Waals surface area contributed by atoms with Crippen LogP contribution < -0.4 is 14.4 Å². The Morgan fingerprint density at radius 1 is 1.19 bits per heavy atom. The van der Waals surface area contributed by atoms with Crippen molar-refractivity contribution in [2.24, 2.45) is 18.9 Å². The van der Waals surface area contributed by atoms with Gasteiger partial charge >= 0.3 is 0 Å². The van der Waals surface area contributed by atoms with E-state index in [1.54, 1.807) is 43.0 Å². The second kappa shape index (κ2) is 8.86. The van der Waals surface area contributed by atoms with E-state index in [1.165, 1.54) is 10.9 Å². The third kappa shape index (κ3) is 4.94. The lowest BCUT2D eigenvalue weighted by atomic mass is 9.97. The fourth-order valence-corrected chi connectivity index (χ4v) is 6.27. The number of nitrogens with zero attached hydrogens (tertiary/aromatic N) is 6. The quantitative estimate of drug-likeness (QED) is 0.497. The van der Waals surface area contributed by atoms with Crippen LogP contribution in [0.4, 0.5) is 5.82 Å². The van der Waals surface area contributed by atoms with Gasteiger partial charge in [-0.25, -0.2) is 22.8 Å².